The number of hydrogen-bond donors (Lipinski definition) is 1. The van der Waals surface area contributed by atoms with Gasteiger partial charge >= 0.3 is 5.97 Å². The Balaban J connectivity index is 2.10. The minimum absolute atomic E-state index is 0.176. The van der Waals surface area contributed by atoms with Gasteiger partial charge < -0.3 is 5.11 Å². The second-order valence-corrected chi connectivity index (χ2v) is 6.45. The quantitative estimate of drug-likeness (QED) is 0.223. The molecule has 3 heteroatoms. The van der Waals surface area contributed by atoms with Crippen LogP contribution >= 0.6 is 0 Å². The fraction of sp³-hybridized carbons (Fsp3) is 0.545. The van der Waals surface area contributed by atoms with E-state index < -0.39 is 5.97 Å². The number of carboxylic acid groups (broad SMARTS) is 1. The molecule has 25 heavy (non-hydrogen) atoms. The molecule has 0 radical (unpaired) electrons. The van der Waals surface area contributed by atoms with Crippen LogP contribution in [0.5, 0.6) is 0 Å². The van der Waals surface area contributed by atoms with E-state index in [1.165, 1.54) is 82.1 Å². The molecule has 0 unspecified atom stereocenters. The lowest BCUT2D eigenvalue weighted by Crippen LogP contribution is -1.99. The maximum Gasteiger partial charge on any atom is 0.335 e. The minimum Gasteiger partial charge on any atom is -0.478 e. The van der Waals surface area contributed by atoms with Crippen molar-refractivity contribution in [2.45, 2.75) is 77.6 Å². The van der Waals surface area contributed by atoms with Crippen molar-refractivity contribution in [1.82, 2.24) is 0 Å². The first-order valence-corrected chi connectivity index (χ1v) is 9.51. The van der Waals surface area contributed by atoms with E-state index in [0.717, 1.165) is 12.8 Å². The predicted molar refractivity (Wildman–Crippen MR) is 102 cm³/mol. The summed E-state index contributed by atoms with van der Waals surface area (Å²) in [6, 6.07) is 5.89. The van der Waals surface area contributed by atoms with Crippen molar-refractivity contribution in [3.63, 3.8) is 0 Å². The van der Waals surface area contributed by atoms with Gasteiger partial charge in [-0.25, -0.2) is 4.79 Å². The summed E-state index contributed by atoms with van der Waals surface area (Å²) in [5, 5.41) is 8.83. The highest BCUT2D eigenvalue weighted by Crippen LogP contribution is 2.11. The smallest absolute Gasteiger partial charge is 0.335 e. The van der Waals surface area contributed by atoms with Crippen molar-refractivity contribution in [1.29, 1.82) is 0 Å². The second-order valence-electron chi connectivity index (χ2n) is 6.45. The number of unbranched alkanes of at least 4 members (excludes halogenated alkanes) is 10. The number of Topliss-reactive ketones (excluding diaryl/α,β-unsaturated/α-hetero) is 1. The van der Waals surface area contributed by atoms with Crippen molar-refractivity contribution in [2.24, 2.45) is 0 Å². The number of carboxylic acids is 1. The summed E-state index contributed by atoms with van der Waals surface area (Å²) < 4.78 is 0. The Morgan fingerprint density at radius 3 is 1.80 bits per heavy atom. The van der Waals surface area contributed by atoms with Gasteiger partial charge in [0.1, 0.15) is 0 Å². The highest BCUT2D eigenvalue weighted by Gasteiger charge is 2.05. The van der Waals surface area contributed by atoms with Crippen molar-refractivity contribution in [2.75, 3.05) is 0 Å². The van der Waals surface area contributed by atoms with E-state index >= 15 is 0 Å². The molecule has 0 heterocycles. The van der Waals surface area contributed by atoms with Gasteiger partial charge in [-0.05, 0) is 36.6 Å². The summed E-state index contributed by atoms with van der Waals surface area (Å²) in [5.41, 5.74) is 0.621. The Kier molecular flexibility index (Phi) is 11.1. The van der Waals surface area contributed by atoms with E-state index in [1.54, 1.807) is 0 Å². The topological polar surface area (TPSA) is 54.4 Å². The number of rotatable bonds is 12. The Hall–Kier alpha value is -2.08. The van der Waals surface area contributed by atoms with Crippen molar-refractivity contribution < 1.29 is 14.7 Å². The zero-order valence-corrected chi connectivity index (χ0v) is 15.4. The molecular formula is C22H30O3. The van der Waals surface area contributed by atoms with Crippen LogP contribution in [-0.2, 0) is 0 Å². The molecule has 0 fully saturated rings. The molecule has 0 aliphatic carbocycles. The van der Waals surface area contributed by atoms with Crippen LogP contribution in [0.4, 0.5) is 0 Å². The zero-order valence-electron chi connectivity index (χ0n) is 15.4. The molecule has 0 atom stereocenters. The Labute approximate surface area is 151 Å². The van der Waals surface area contributed by atoms with Gasteiger partial charge in [0.15, 0.2) is 0 Å². The third-order valence-electron chi connectivity index (χ3n) is 4.25. The lowest BCUT2D eigenvalue weighted by Gasteiger charge is -2.00. The molecule has 0 saturated carbocycles. The third kappa shape index (κ3) is 9.72. The standard InChI is InChI=1S/C22H30O3/c1-2-3-4-5-6-7-8-9-10-11-12-13-14-21(23)19-15-17-20(18-16-19)22(24)25/h15-18H,2-12H2,1H3,(H,24,25). The maximum atomic E-state index is 11.9. The molecule has 1 N–H and O–H groups in total. The van der Waals surface area contributed by atoms with Gasteiger partial charge in [-0.3, -0.25) is 4.79 Å². The van der Waals surface area contributed by atoms with Gasteiger partial charge in [0, 0.05) is 12.0 Å². The molecular weight excluding hydrogens is 312 g/mol. The normalized spacial score (nSPS) is 10.1. The number of carbonyl (C=O) groups excluding carboxylic acids is 1. The van der Waals surface area contributed by atoms with E-state index in [0.29, 0.717) is 5.56 Å². The van der Waals surface area contributed by atoms with Crippen LogP contribution in [0.2, 0.25) is 0 Å². The van der Waals surface area contributed by atoms with Crippen LogP contribution in [-0.4, -0.2) is 16.9 Å². The number of carbonyl (C=O) groups is 2. The third-order valence-corrected chi connectivity index (χ3v) is 4.25. The second kappa shape index (κ2) is 13.2. The van der Waals surface area contributed by atoms with Crippen molar-refractivity contribution in [3.8, 4) is 11.8 Å². The number of aromatic carboxylic acids is 1. The molecule has 1 rings (SSSR count). The summed E-state index contributed by atoms with van der Waals surface area (Å²) in [5.74, 6) is 4.33. The van der Waals surface area contributed by atoms with Crippen LogP contribution in [0.25, 0.3) is 0 Å². The van der Waals surface area contributed by atoms with Gasteiger partial charge in [-0.1, -0.05) is 70.6 Å². The molecule has 0 aromatic heterocycles. The van der Waals surface area contributed by atoms with E-state index in [1.807, 2.05) is 0 Å². The van der Waals surface area contributed by atoms with Gasteiger partial charge in [0.05, 0.1) is 5.56 Å². The Morgan fingerprint density at radius 1 is 0.800 bits per heavy atom. The molecule has 3 nitrogen and oxygen atoms in total. The van der Waals surface area contributed by atoms with Crippen LogP contribution in [0.15, 0.2) is 24.3 Å². The van der Waals surface area contributed by atoms with Crippen molar-refractivity contribution in [3.05, 3.63) is 35.4 Å². The monoisotopic (exact) mass is 342 g/mol. The summed E-state index contributed by atoms with van der Waals surface area (Å²) in [4.78, 5) is 22.7. The summed E-state index contributed by atoms with van der Waals surface area (Å²) in [7, 11) is 0. The van der Waals surface area contributed by atoms with Crippen LogP contribution in [0.3, 0.4) is 0 Å². The molecule has 0 aliphatic heterocycles. The van der Waals surface area contributed by atoms with E-state index in [9.17, 15) is 9.59 Å². The average Bonchev–Trinajstić information content (AvgIpc) is 2.62. The first-order chi connectivity index (χ1) is 12.1. The predicted octanol–water partition coefficient (Wildman–Crippen LogP) is 5.88. The lowest BCUT2D eigenvalue weighted by atomic mass is 10.1. The average molecular weight is 342 g/mol. The van der Waals surface area contributed by atoms with Gasteiger partial charge in [-0.2, -0.15) is 0 Å². The largest absolute Gasteiger partial charge is 0.478 e. The van der Waals surface area contributed by atoms with Gasteiger partial charge in [0.25, 0.3) is 0 Å². The highest BCUT2D eigenvalue weighted by molar-refractivity contribution is 6.09. The fourth-order valence-corrected chi connectivity index (χ4v) is 2.68. The Morgan fingerprint density at radius 2 is 1.28 bits per heavy atom. The maximum absolute atomic E-state index is 11.9. The minimum atomic E-state index is -0.994. The zero-order chi connectivity index (χ0) is 18.3. The lowest BCUT2D eigenvalue weighted by molar-refractivity contribution is 0.0696. The molecule has 0 bridgehead atoms. The van der Waals surface area contributed by atoms with E-state index in [2.05, 4.69) is 18.8 Å². The van der Waals surface area contributed by atoms with Crippen molar-refractivity contribution >= 4 is 11.8 Å². The summed E-state index contributed by atoms with van der Waals surface area (Å²) >= 11 is 0. The molecule has 136 valence electrons. The van der Waals surface area contributed by atoms with Crippen LogP contribution < -0.4 is 0 Å². The number of hydrogen-bond acceptors (Lipinski definition) is 2. The first-order valence-electron chi connectivity index (χ1n) is 9.51. The van der Waals surface area contributed by atoms with E-state index in [4.69, 9.17) is 5.11 Å². The van der Waals surface area contributed by atoms with Gasteiger partial charge in [-0.15, -0.1) is 0 Å². The number of benzene rings is 1. The van der Waals surface area contributed by atoms with Gasteiger partial charge in [0.2, 0.25) is 5.78 Å². The van der Waals surface area contributed by atoms with Crippen LogP contribution in [0.1, 0.15) is 98.3 Å². The Bertz CT molecular complexity index is 576. The molecule has 0 amide bonds. The first kappa shape index (κ1) is 21.0. The molecule has 0 saturated heterocycles. The SMILES string of the molecule is CCCCCCCCCCCCC#CC(=O)c1ccc(C(=O)O)cc1. The molecule has 1 aromatic rings. The fourth-order valence-electron chi connectivity index (χ4n) is 2.68. The molecule has 0 spiro atoms. The molecule has 0 aliphatic rings. The highest BCUT2D eigenvalue weighted by atomic mass is 16.4. The summed E-state index contributed by atoms with van der Waals surface area (Å²) in [6.07, 6.45) is 13.6. The summed E-state index contributed by atoms with van der Waals surface area (Å²) in [6.45, 7) is 2.24. The van der Waals surface area contributed by atoms with Crippen LogP contribution in [0, 0.1) is 11.8 Å². The number of ketones is 1. The van der Waals surface area contributed by atoms with E-state index in [-0.39, 0.29) is 11.3 Å². The molecule has 1 aromatic carbocycles.